The fourth-order valence-corrected chi connectivity index (χ4v) is 6.07. The molecule has 0 saturated carbocycles. The number of carbonyl (C=O) groups excluding carboxylic acids is 5. The SMILES string of the molecule is CC(C)C[C@H](NC(=O)[C@H](Cc1ccc(O)cc1)NC(=O)[C@@]1(C)CCC/C=C/C[C@H](N)C(=O)N[C@@H](CCCCN)C(=O)N[C@@H](CCCCN)C(=O)N1)C(=O)O. The van der Waals surface area contributed by atoms with Crippen LogP contribution in [0.25, 0.3) is 0 Å². The zero-order valence-corrected chi connectivity index (χ0v) is 31.9. The number of hydrogen-bond acceptors (Lipinski definition) is 10. The summed E-state index contributed by atoms with van der Waals surface area (Å²) < 4.78 is 0. The molecule has 302 valence electrons. The minimum atomic E-state index is -1.60. The average Bonchev–Trinajstić information content (AvgIpc) is 3.11. The van der Waals surface area contributed by atoms with Gasteiger partial charge in [-0.1, -0.05) is 38.1 Å². The fraction of sp³-hybridized carbons (Fsp3) is 0.632. The van der Waals surface area contributed by atoms with Crippen LogP contribution < -0.4 is 43.8 Å². The van der Waals surface area contributed by atoms with Crippen LogP contribution in [0.4, 0.5) is 0 Å². The Kier molecular flexibility index (Phi) is 19.7. The van der Waals surface area contributed by atoms with Gasteiger partial charge in [0.05, 0.1) is 6.04 Å². The topological polar surface area (TPSA) is 281 Å². The summed E-state index contributed by atoms with van der Waals surface area (Å²) in [4.78, 5) is 80.7. The molecule has 6 atom stereocenters. The molecule has 0 spiro atoms. The van der Waals surface area contributed by atoms with E-state index in [1.165, 1.54) is 19.1 Å². The van der Waals surface area contributed by atoms with E-state index in [2.05, 4.69) is 26.6 Å². The molecule has 16 heteroatoms. The predicted molar refractivity (Wildman–Crippen MR) is 205 cm³/mol. The number of phenolic OH excluding ortho intramolecular Hbond substituents is 1. The zero-order valence-electron chi connectivity index (χ0n) is 31.9. The van der Waals surface area contributed by atoms with Crippen LogP contribution >= 0.6 is 0 Å². The minimum Gasteiger partial charge on any atom is -0.508 e. The van der Waals surface area contributed by atoms with Crippen molar-refractivity contribution in [3.63, 3.8) is 0 Å². The van der Waals surface area contributed by atoms with Crippen LogP contribution in [0.1, 0.15) is 97.0 Å². The number of rotatable bonds is 17. The molecule has 1 aromatic carbocycles. The highest BCUT2D eigenvalue weighted by Gasteiger charge is 2.39. The molecule has 0 aliphatic carbocycles. The van der Waals surface area contributed by atoms with Crippen molar-refractivity contribution in [2.45, 2.75) is 134 Å². The van der Waals surface area contributed by atoms with Gasteiger partial charge in [-0.05, 0) is 114 Å². The van der Waals surface area contributed by atoms with E-state index in [4.69, 9.17) is 17.2 Å². The van der Waals surface area contributed by atoms with E-state index >= 15 is 0 Å². The molecule has 1 aliphatic heterocycles. The first kappa shape index (κ1) is 45.6. The number of benzene rings is 1. The number of phenols is 1. The number of carboxylic acids is 1. The van der Waals surface area contributed by atoms with Gasteiger partial charge in [0.1, 0.15) is 35.5 Å². The number of amides is 5. The third kappa shape index (κ3) is 15.8. The summed E-state index contributed by atoms with van der Waals surface area (Å²) in [5.74, 6) is -4.44. The van der Waals surface area contributed by atoms with Crippen LogP contribution in [0.15, 0.2) is 36.4 Å². The molecular weight excluding hydrogens is 696 g/mol. The van der Waals surface area contributed by atoms with Crippen LogP contribution in [0.2, 0.25) is 0 Å². The van der Waals surface area contributed by atoms with Crippen molar-refractivity contribution < 1.29 is 39.0 Å². The Morgan fingerprint density at radius 3 is 2.04 bits per heavy atom. The van der Waals surface area contributed by atoms with Crippen molar-refractivity contribution in [1.29, 1.82) is 0 Å². The van der Waals surface area contributed by atoms with Crippen LogP contribution in [0, 0.1) is 5.92 Å². The number of carbonyl (C=O) groups is 6. The molecule has 0 bridgehead atoms. The van der Waals surface area contributed by atoms with Gasteiger partial charge >= 0.3 is 5.97 Å². The van der Waals surface area contributed by atoms with E-state index in [0.29, 0.717) is 57.2 Å². The maximum absolute atomic E-state index is 14.3. The summed E-state index contributed by atoms with van der Waals surface area (Å²) in [5.41, 5.74) is 16.5. The fourth-order valence-electron chi connectivity index (χ4n) is 6.07. The quantitative estimate of drug-likeness (QED) is 0.0776. The molecule has 0 fully saturated rings. The molecule has 1 heterocycles. The summed E-state index contributed by atoms with van der Waals surface area (Å²) in [6.45, 7) is 5.94. The van der Waals surface area contributed by atoms with Gasteiger partial charge in [0.25, 0.3) is 0 Å². The Balaban J connectivity index is 2.51. The van der Waals surface area contributed by atoms with Crippen LogP contribution in [0.3, 0.4) is 0 Å². The predicted octanol–water partition coefficient (Wildman–Crippen LogP) is 0.595. The maximum Gasteiger partial charge on any atom is 0.326 e. The van der Waals surface area contributed by atoms with Crippen molar-refractivity contribution in [2.24, 2.45) is 23.1 Å². The lowest BCUT2D eigenvalue weighted by Gasteiger charge is -2.34. The molecule has 1 aromatic rings. The molecule has 0 radical (unpaired) electrons. The van der Waals surface area contributed by atoms with E-state index in [1.54, 1.807) is 18.2 Å². The normalized spacial score (nSPS) is 23.3. The third-order valence-electron chi connectivity index (χ3n) is 9.32. The maximum atomic E-state index is 14.3. The van der Waals surface area contributed by atoms with Gasteiger partial charge in [-0.3, -0.25) is 24.0 Å². The molecule has 2 rings (SSSR count). The molecule has 1 aliphatic rings. The molecule has 54 heavy (non-hydrogen) atoms. The second-order valence-electron chi connectivity index (χ2n) is 14.6. The minimum absolute atomic E-state index is 0.00124. The van der Waals surface area contributed by atoms with Gasteiger partial charge in [0.2, 0.25) is 29.5 Å². The molecule has 5 amide bonds. The van der Waals surface area contributed by atoms with E-state index in [0.717, 1.165) is 0 Å². The van der Waals surface area contributed by atoms with Gasteiger partial charge in [0, 0.05) is 6.42 Å². The number of carboxylic acid groups (broad SMARTS) is 1. The van der Waals surface area contributed by atoms with Crippen LogP contribution in [-0.4, -0.2) is 94.6 Å². The average molecular weight is 759 g/mol. The van der Waals surface area contributed by atoms with Crippen molar-refractivity contribution >= 4 is 35.5 Å². The Hall–Kier alpha value is -4.54. The molecular formula is C38H62N8O8. The Morgan fingerprint density at radius 1 is 0.870 bits per heavy atom. The summed E-state index contributed by atoms with van der Waals surface area (Å²) in [6.07, 6.45) is 7.53. The third-order valence-corrected chi connectivity index (χ3v) is 9.32. The number of hydrogen-bond donors (Lipinski definition) is 10. The Morgan fingerprint density at radius 2 is 1.46 bits per heavy atom. The highest BCUT2D eigenvalue weighted by molar-refractivity contribution is 5.98. The number of nitrogens with two attached hydrogens (primary N) is 3. The molecule has 0 unspecified atom stereocenters. The van der Waals surface area contributed by atoms with Crippen molar-refractivity contribution in [1.82, 2.24) is 26.6 Å². The van der Waals surface area contributed by atoms with Gasteiger partial charge in [-0.15, -0.1) is 0 Å². The Labute approximate surface area is 318 Å². The summed E-state index contributed by atoms with van der Waals surface area (Å²) >= 11 is 0. The van der Waals surface area contributed by atoms with Crippen LogP contribution in [-0.2, 0) is 35.2 Å². The lowest BCUT2D eigenvalue weighted by molar-refractivity contribution is -0.143. The zero-order chi connectivity index (χ0) is 40.3. The summed E-state index contributed by atoms with van der Waals surface area (Å²) in [6, 6.07) is 0.547. The first-order valence-corrected chi connectivity index (χ1v) is 19.0. The number of nitrogens with one attached hydrogen (secondary N) is 5. The second kappa shape index (κ2) is 23.3. The molecule has 0 saturated heterocycles. The van der Waals surface area contributed by atoms with E-state index in [1.807, 2.05) is 19.9 Å². The smallest absolute Gasteiger partial charge is 0.326 e. The lowest BCUT2D eigenvalue weighted by Crippen LogP contribution is -2.64. The van der Waals surface area contributed by atoms with E-state index < -0.39 is 71.3 Å². The van der Waals surface area contributed by atoms with Gasteiger partial charge in [-0.25, -0.2) is 4.79 Å². The first-order valence-electron chi connectivity index (χ1n) is 19.0. The first-order chi connectivity index (χ1) is 25.6. The van der Waals surface area contributed by atoms with E-state index in [9.17, 15) is 39.0 Å². The van der Waals surface area contributed by atoms with Crippen LogP contribution in [0.5, 0.6) is 5.75 Å². The van der Waals surface area contributed by atoms with Gasteiger partial charge < -0.3 is 54.0 Å². The van der Waals surface area contributed by atoms with Gasteiger partial charge in [0.15, 0.2) is 0 Å². The number of aromatic hydroxyl groups is 1. The largest absolute Gasteiger partial charge is 0.508 e. The number of unbranched alkanes of at least 4 members (excludes halogenated alkanes) is 2. The van der Waals surface area contributed by atoms with Crippen molar-refractivity contribution in [3.05, 3.63) is 42.0 Å². The van der Waals surface area contributed by atoms with E-state index in [-0.39, 0.29) is 50.2 Å². The monoisotopic (exact) mass is 758 g/mol. The van der Waals surface area contributed by atoms with Gasteiger partial charge in [-0.2, -0.15) is 0 Å². The second-order valence-corrected chi connectivity index (χ2v) is 14.6. The molecule has 13 N–H and O–H groups in total. The lowest BCUT2D eigenvalue weighted by atomic mass is 9.91. The number of allylic oxidation sites excluding steroid dienone is 1. The number of aliphatic carboxylic acids is 1. The van der Waals surface area contributed by atoms with Crippen molar-refractivity contribution in [2.75, 3.05) is 13.1 Å². The standard InChI is InChI=1S/C38H62N8O8/c1-24(2)22-31(36(52)53)44-34(50)30(23-25-15-17-26(47)18-16-25)45-37(54)38(3)19-9-5-4-6-12-27(41)32(48)42-28(13-7-10-20-39)33(49)43-29(35(51)46-38)14-8-11-21-40/h4,6,15-18,24,27-31,47H,5,7-14,19-23,39-41H2,1-3H3,(H,42,48)(H,43,49)(H,44,50)(H,45,54)(H,46,51)(H,52,53)/b6-4+/t27-,28-,29-,30-,31-,38+/m0/s1. The summed E-state index contributed by atoms with van der Waals surface area (Å²) in [7, 11) is 0. The Bertz CT molecular complexity index is 1420. The summed E-state index contributed by atoms with van der Waals surface area (Å²) in [5, 5.41) is 33.3. The highest BCUT2D eigenvalue weighted by Crippen LogP contribution is 2.19. The highest BCUT2D eigenvalue weighted by atomic mass is 16.4. The van der Waals surface area contributed by atoms with Crippen molar-refractivity contribution in [3.8, 4) is 5.75 Å². The molecule has 0 aromatic heterocycles. The molecule has 16 nitrogen and oxygen atoms in total.